The fourth-order valence-electron chi connectivity index (χ4n) is 3.45. The molecule has 0 bridgehead atoms. The second-order valence-electron chi connectivity index (χ2n) is 7.49. The van der Waals surface area contributed by atoms with Gasteiger partial charge in [-0.1, -0.05) is 50.6 Å². The third-order valence-corrected chi connectivity index (χ3v) is 5.39. The number of fused-ring (bicyclic) bond motifs is 1. The number of nitrogens with one attached hydrogen (secondary N) is 2. The Morgan fingerprint density at radius 3 is 2.69 bits per heavy atom. The van der Waals surface area contributed by atoms with Gasteiger partial charge in [0.1, 0.15) is 18.8 Å². The van der Waals surface area contributed by atoms with Crippen LogP contribution in [-0.4, -0.2) is 41.6 Å². The van der Waals surface area contributed by atoms with E-state index in [0.29, 0.717) is 31.1 Å². The van der Waals surface area contributed by atoms with Gasteiger partial charge >= 0.3 is 6.03 Å². The van der Waals surface area contributed by atoms with Crippen LogP contribution < -0.4 is 20.2 Å². The molecule has 0 aliphatic carbocycles. The van der Waals surface area contributed by atoms with Crippen LogP contribution in [0.5, 0.6) is 11.5 Å². The molecule has 4 amide bonds. The summed E-state index contributed by atoms with van der Waals surface area (Å²) in [6.45, 7) is 4.54. The summed E-state index contributed by atoms with van der Waals surface area (Å²) < 4.78 is 10.9. The fourth-order valence-corrected chi connectivity index (χ4v) is 3.71. The van der Waals surface area contributed by atoms with Gasteiger partial charge < -0.3 is 14.8 Å². The summed E-state index contributed by atoms with van der Waals surface area (Å²) in [6, 6.07) is 2.24. The Hall–Kier alpha value is -2.48. The molecule has 9 heteroatoms. The van der Waals surface area contributed by atoms with Gasteiger partial charge in [0.05, 0.1) is 5.02 Å². The molecule has 1 saturated heterocycles. The molecule has 1 fully saturated rings. The van der Waals surface area contributed by atoms with Crippen molar-refractivity contribution in [1.29, 1.82) is 0 Å². The van der Waals surface area contributed by atoms with Crippen LogP contribution in [0.4, 0.5) is 4.79 Å². The van der Waals surface area contributed by atoms with Crippen molar-refractivity contribution >= 4 is 29.4 Å². The van der Waals surface area contributed by atoms with E-state index in [9.17, 15) is 14.4 Å². The Balaban J connectivity index is 1.65. The lowest BCUT2D eigenvalue weighted by molar-refractivity contribution is -0.132. The molecule has 0 saturated carbocycles. The number of imide groups is 1. The minimum atomic E-state index is -1.03. The number of benzene rings is 1. The van der Waals surface area contributed by atoms with E-state index in [4.69, 9.17) is 21.1 Å². The van der Waals surface area contributed by atoms with Crippen LogP contribution in [0.25, 0.3) is 0 Å². The largest absolute Gasteiger partial charge is 0.486 e. The zero-order chi connectivity index (χ0) is 21.0. The lowest BCUT2D eigenvalue weighted by atomic mass is 9.94. The van der Waals surface area contributed by atoms with Crippen LogP contribution in [0.1, 0.15) is 62.7 Å². The molecular formula is C20H26ClN3O5. The van der Waals surface area contributed by atoms with Gasteiger partial charge in [-0.3, -0.25) is 15.0 Å². The first-order valence-electron chi connectivity index (χ1n) is 9.92. The minimum absolute atomic E-state index is 0.160. The van der Waals surface area contributed by atoms with Crippen molar-refractivity contribution in [3.63, 3.8) is 0 Å². The van der Waals surface area contributed by atoms with E-state index in [-0.39, 0.29) is 10.6 Å². The van der Waals surface area contributed by atoms with Crippen LogP contribution in [0.2, 0.25) is 5.02 Å². The van der Waals surface area contributed by atoms with Gasteiger partial charge in [0.25, 0.3) is 11.8 Å². The molecule has 2 N–H and O–H groups in total. The third kappa shape index (κ3) is 4.58. The molecule has 1 aromatic rings. The van der Waals surface area contributed by atoms with Crippen molar-refractivity contribution in [2.24, 2.45) is 0 Å². The number of hydrazine groups is 1. The lowest BCUT2D eigenvalue weighted by Gasteiger charge is -2.22. The van der Waals surface area contributed by atoms with Crippen LogP contribution in [0.15, 0.2) is 12.1 Å². The molecule has 0 unspecified atom stereocenters. The first-order valence-corrected chi connectivity index (χ1v) is 10.3. The van der Waals surface area contributed by atoms with E-state index in [1.165, 1.54) is 12.1 Å². The van der Waals surface area contributed by atoms with Gasteiger partial charge in [0, 0.05) is 5.56 Å². The molecule has 1 atom stereocenters. The van der Waals surface area contributed by atoms with Crippen LogP contribution >= 0.6 is 11.6 Å². The maximum absolute atomic E-state index is 12.8. The molecule has 2 heterocycles. The summed E-state index contributed by atoms with van der Waals surface area (Å²) in [7, 11) is 0. The molecule has 2 aliphatic rings. The summed E-state index contributed by atoms with van der Waals surface area (Å²) in [5.74, 6) is -0.391. The van der Waals surface area contributed by atoms with E-state index in [1.807, 2.05) is 0 Å². The summed E-state index contributed by atoms with van der Waals surface area (Å²) >= 11 is 6.16. The zero-order valence-corrected chi connectivity index (χ0v) is 17.4. The predicted molar refractivity (Wildman–Crippen MR) is 107 cm³/mol. The molecule has 29 heavy (non-hydrogen) atoms. The van der Waals surface area contributed by atoms with E-state index < -0.39 is 23.4 Å². The predicted octanol–water partition coefficient (Wildman–Crippen LogP) is 3.43. The quantitative estimate of drug-likeness (QED) is 0.493. The Morgan fingerprint density at radius 1 is 1.21 bits per heavy atom. The number of amides is 4. The Morgan fingerprint density at radius 2 is 1.93 bits per heavy atom. The molecule has 2 aliphatic heterocycles. The van der Waals surface area contributed by atoms with Crippen LogP contribution in [-0.2, 0) is 4.79 Å². The summed E-state index contributed by atoms with van der Waals surface area (Å²) in [4.78, 5) is 37.7. The number of carbonyl (C=O) groups excluding carboxylic acids is 3. The van der Waals surface area contributed by atoms with Crippen molar-refractivity contribution < 1.29 is 23.9 Å². The van der Waals surface area contributed by atoms with Crippen molar-refractivity contribution in [1.82, 2.24) is 15.8 Å². The number of urea groups is 1. The highest BCUT2D eigenvalue weighted by molar-refractivity contribution is 6.32. The Bertz CT molecular complexity index is 816. The highest BCUT2D eigenvalue weighted by Crippen LogP contribution is 2.38. The summed E-state index contributed by atoms with van der Waals surface area (Å²) in [6.07, 6.45) is 5.72. The Kier molecular flexibility index (Phi) is 6.52. The van der Waals surface area contributed by atoms with Gasteiger partial charge in [-0.2, -0.15) is 5.01 Å². The summed E-state index contributed by atoms with van der Waals surface area (Å²) in [5, 5.41) is 3.65. The van der Waals surface area contributed by atoms with E-state index in [1.54, 1.807) is 6.92 Å². The SMILES string of the molecule is CCCCCCC[C@@]1(C)NC(=O)N(NC(=O)c2cc(Cl)c3c(c2)OCCO3)C1=O. The van der Waals surface area contributed by atoms with E-state index >= 15 is 0 Å². The molecule has 0 radical (unpaired) electrons. The van der Waals surface area contributed by atoms with Crippen LogP contribution in [0.3, 0.4) is 0 Å². The maximum Gasteiger partial charge on any atom is 0.344 e. The molecule has 0 spiro atoms. The van der Waals surface area contributed by atoms with Crippen molar-refractivity contribution in [2.45, 2.75) is 57.9 Å². The standard InChI is InChI=1S/C20H26ClN3O5/c1-3-4-5-6-7-8-20(2)18(26)24(19(27)22-20)23-17(25)13-11-14(21)16-15(12-13)28-9-10-29-16/h11-12H,3-10H2,1-2H3,(H,22,27)(H,23,25)/t20-/m1/s1. The fraction of sp³-hybridized carbons (Fsp3) is 0.550. The second-order valence-corrected chi connectivity index (χ2v) is 7.90. The van der Waals surface area contributed by atoms with Crippen molar-refractivity contribution in [3.8, 4) is 11.5 Å². The number of carbonyl (C=O) groups is 3. The monoisotopic (exact) mass is 423 g/mol. The normalized spacial score (nSPS) is 20.6. The topological polar surface area (TPSA) is 97.0 Å². The number of unbranched alkanes of at least 4 members (excludes halogenated alkanes) is 4. The van der Waals surface area contributed by atoms with Gasteiger partial charge in [-0.05, 0) is 25.5 Å². The number of ether oxygens (including phenoxy) is 2. The average molecular weight is 424 g/mol. The molecule has 1 aromatic carbocycles. The molecule has 8 nitrogen and oxygen atoms in total. The van der Waals surface area contributed by atoms with Crippen molar-refractivity contribution in [3.05, 3.63) is 22.7 Å². The van der Waals surface area contributed by atoms with Crippen LogP contribution in [0, 0.1) is 0 Å². The van der Waals surface area contributed by atoms with Gasteiger partial charge in [0.15, 0.2) is 11.5 Å². The first-order chi connectivity index (χ1) is 13.9. The Labute approximate surface area is 174 Å². The van der Waals surface area contributed by atoms with Gasteiger partial charge in [-0.15, -0.1) is 0 Å². The lowest BCUT2D eigenvalue weighted by Crippen LogP contribution is -2.48. The molecule has 0 aromatic heterocycles. The number of hydrogen-bond acceptors (Lipinski definition) is 5. The number of rotatable bonds is 8. The summed E-state index contributed by atoms with van der Waals surface area (Å²) in [5.41, 5.74) is 1.51. The second kappa shape index (κ2) is 8.90. The number of hydrogen-bond donors (Lipinski definition) is 2. The minimum Gasteiger partial charge on any atom is -0.486 e. The smallest absolute Gasteiger partial charge is 0.344 e. The van der Waals surface area contributed by atoms with E-state index in [2.05, 4.69) is 17.7 Å². The third-order valence-electron chi connectivity index (χ3n) is 5.11. The van der Waals surface area contributed by atoms with Crippen molar-refractivity contribution in [2.75, 3.05) is 13.2 Å². The average Bonchev–Trinajstić information content (AvgIpc) is 2.91. The van der Waals surface area contributed by atoms with Gasteiger partial charge in [-0.25, -0.2) is 4.79 Å². The zero-order valence-electron chi connectivity index (χ0n) is 16.7. The first kappa shape index (κ1) is 21.2. The molecular weight excluding hydrogens is 398 g/mol. The van der Waals surface area contributed by atoms with E-state index in [0.717, 1.165) is 37.1 Å². The maximum atomic E-state index is 12.8. The van der Waals surface area contributed by atoms with Gasteiger partial charge in [0.2, 0.25) is 0 Å². The number of nitrogens with zero attached hydrogens (tertiary/aromatic N) is 1. The number of halogens is 1. The molecule has 158 valence electrons. The highest BCUT2D eigenvalue weighted by Gasteiger charge is 2.48. The molecule has 3 rings (SSSR count). The highest BCUT2D eigenvalue weighted by atomic mass is 35.5.